The average Bonchev–Trinajstić information content (AvgIpc) is 2.21. The highest BCUT2D eigenvalue weighted by Crippen LogP contribution is 2.23. The van der Waals surface area contributed by atoms with Crippen LogP contribution in [0.3, 0.4) is 0 Å². The highest BCUT2D eigenvalue weighted by Gasteiger charge is 2.14. The first-order valence-electron chi connectivity index (χ1n) is 4.49. The van der Waals surface area contributed by atoms with Crippen molar-refractivity contribution < 1.29 is 0 Å². The van der Waals surface area contributed by atoms with Crippen LogP contribution in [0.5, 0.6) is 0 Å². The van der Waals surface area contributed by atoms with Crippen molar-refractivity contribution in [3.05, 3.63) is 30.1 Å². The van der Waals surface area contributed by atoms with Crippen LogP contribution in [0.4, 0.5) is 0 Å². The predicted molar refractivity (Wildman–Crippen MR) is 47.9 cm³/mol. The Kier molecular flexibility index (Phi) is 2.37. The van der Waals surface area contributed by atoms with E-state index >= 15 is 0 Å². The van der Waals surface area contributed by atoms with Crippen LogP contribution in [0.15, 0.2) is 18.3 Å². The lowest BCUT2D eigenvalue weighted by molar-refractivity contribution is 0.460. The molecule has 1 aromatic heterocycles. The fourth-order valence-corrected chi connectivity index (χ4v) is 1.74. The van der Waals surface area contributed by atoms with E-state index in [2.05, 4.69) is 22.6 Å². The van der Waals surface area contributed by atoms with Crippen LogP contribution < -0.4 is 5.32 Å². The van der Waals surface area contributed by atoms with Crippen molar-refractivity contribution in [2.45, 2.75) is 18.8 Å². The molecular formula is C10H13N2. The van der Waals surface area contributed by atoms with Crippen molar-refractivity contribution in [2.75, 3.05) is 13.1 Å². The minimum atomic E-state index is 0.727. The molecule has 0 atom stereocenters. The third-order valence-electron chi connectivity index (χ3n) is 2.46. The molecule has 0 aliphatic carbocycles. The molecule has 2 rings (SSSR count). The summed E-state index contributed by atoms with van der Waals surface area (Å²) in [5.41, 5.74) is 1.39. The Morgan fingerprint density at radius 2 is 2.25 bits per heavy atom. The van der Waals surface area contributed by atoms with Crippen LogP contribution in [-0.2, 0) is 0 Å². The Labute approximate surface area is 73.0 Å². The smallest absolute Gasteiger partial charge is 0.0889 e. The first kappa shape index (κ1) is 7.74. The molecule has 0 unspecified atom stereocenters. The van der Waals surface area contributed by atoms with Gasteiger partial charge in [-0.2, -0.15) is 0 Å². The molecule has 1 radical (unpaired) electrons. The van der Waals surface area contributed by atoms with Gasteiger partial charge in [-0.05, 0) is 49.5 Å². The summed E-state index contributed by atoms with van der Waals surface area (Å²) in [5, 5.41) is 3.36. The zero-order valence-corrected chi connectivity index (χ0v) is 7.09. The molecule has 2 heteroatoms. The van der Waals surface area contributed by atoms with E-state index in [9.17, 15) is 0 Å². The fraction of sp³-hybridized carbons (Fsp3) is 0.500. The van der Waals surface area contributed by atoms with Crippen LogP contribution in [-0.4, -0.2) is 18.1 Å². The molecule has 0 amide bonds. The van der Waals surface area contributed by atoms with Crippen LogP contribution in [0.25, 0.3) is 0 Å². The molecule has 2 heterocycles. The first-order valence-corrected chi connectivity index (χ1v) is 4.49. The van der Waals surface area contributed by atoms with Crippen molar-refractivity contribution >= 4 is 0 Å². The summed E-state index contributed by atoms with van der Waals surface area (Å²) in [6.07, 6.45) is 7.21. The van der Waals surface area contributed by atoms with Gasteiger partial charge in [0.1, 0.15) is 0 Å². The maximum absolute atomic E-state index is 3.90. The van der Waals surface area contributed by atoms with Gasteiger partial charge in [0.25, 0.3) is 0 Å². The number of hydrogen-bond acceptors (Lipinski definition) is 2. The molecule has 0 bridgehead atoms. The minimum absolute atomic E-state index is 0.727. The van der Waals surface area contributed by atoms with E-state index in [1.165, 1.54) is 18.4 Å². The Bertz CT molecular complexity index is 227. The lowest BCUT2D eigenvalue weighted by Gasteiger charge is -2.22. The monoisotopic (exact) mass is 161 g/mol. The molecule has 1 N–H and O–H groups in total. The Balaban J connectivity index is 2.08. The van der Waals surface area contributed by atoms with Crippen LogP contribution >= 0.6 is 0 Å². The third kappa shape index (κ3) is 1.64. The number of piperidine rings is 1. The summed E-state index contributed by atoms with van der Waals surface area (Å²) in [4.78, 5) is 3.90. The van der Waals surface area contributed by atoms with Crippen molar-refractivity contribution in [1.29, 1.82) is 0 Å². The van der Waals surface area contributed by atoms with Gasteiger partial charge in [-0.3, -0.25) is 4.98 Å². The van der Waals surface area contributed by atoms with E-state index in [-0.39, 0.29) is 0 Å². The SMILES string of the molecule is [c]1cc(C2CCNCC2)ccn1. The average molecular weight is 161 g/mol. The number of hydrogen-bond donors (Lipinski definition) is 1. The van der Waals surface area contributed by atoms with E-state index in [1.807, 2.05) is 12.3 Å². The molecule has 0 aromatic carbocycles. The van der Waals surface area contributed by atoms with E-state index < -0.39 is 0 Å². The maximum atomic E-state index is 3.90. The van der Waals surface area contributed by atoms with Gasteiger partial charge in [0.2, 0.25) is 0 Å². The number of nitrogens with zero attached hydrogens (tertiary/aromatic N) is 1. The molecule has 1 fully saturated rings. The predicted octanol–water partition coefficient (Wildman–Crippen LogP) is 1.35. The summed E-state index contributed by atoms with van der Waals surface area (Å²) in [6, 6.07) is 4.11. The second-order valence-electron chi connectivity index (χ2n) is 3.24. The molecule has 2 nitrogen and oxygen atoms in total. The van der Waals surface area contributed by atoms with Gasteiger partial charge in [-0.25, -0.2) is 0 Å². The highest BCUT2D eigenvalue weighted by molar-refractivity contribution is 5.15. The number of nitrogens with one attached hydrogen (secondary N) is 1. The molecule has 63 valence electrons. The quantitative estimate of drug-likeness (QED) is 0.672. The zero-order chi connectivity index (χ0) is 8.23. The molecule has 1 aromatic rings. The van der Waals surface area contributed by atoms with E-state index in [4.69, 9.17) is 0 Å². The maximum Gasteiger partial charge on any atom is 0.0889 e. The summed E-state index contributed by atoms with van der Waals surface area (Å²) in [5.74, 6) is 0.727. The van der Waals surface area contributed by atoms with Gasteiger partial charge in [0.15, 0.2) is 0 Å². The highest BCUT2D eigenvalue weighted by atomic mass is 14.9. The topological polar surface area (TPSA) is 24.9 Å². The van der Waals surface area contributed by atoms with Crippen LogP contribution in [0.1, 0.15) is 24.3 Å². The Morgan fingerprint density at radius 3 is 2.92 bits per heavy atom. The van der Waals surface area contributed by atoms with Crippen LogP contribution in [0, 0.1) is 6.20 Å². The Hall–Kier alpha value is -0.890. The van der Waals surface area contributed by atoms with Gasteiger partial charge >= 0.3 is 0 Å². The normalized spacial score (nSPS) is 19.3. The van der Waals surface area contributed by atoms with E-state index in [0.717, 1.165) is 19.0 Å². The first-order chi connectivity index (χ1) is 5.97. The molecule has 0 saturated carbocycles. The van der Waals surface area contributed by atoms with Crippen molar-refractivity contribution in [3.63, 3.8) is 0 Å². The molecule has 1 saturated heterocycles. The van der Waals surface area contributed by atoms with Crippen molar-refractivity contribution in [3.8, 4) is 0 Å². The number of aromatic nitrogens is 1. The van der Waals surface area contributed by atoms with Gasteiger partial charge in [-0.1, -0.05) is 0 Å². The molecule has 1 aliphatic heterocycles. The number of pyridine rings is 1. The summed E-state index contributed by atoms with van der Waals surface area (Å²) in [7, 11) is 0. The van der Waals surface area contributed by atoms with Gasteiger partial charge in [0, 0.05) is 6.20 Å². The van der Waals surface area contributed by atoms with Gasteiger partial charge < -0.3 is 5.32 Å². The van der Waals surface area contributed by atoms with E-state index in [1.54, 1.807) is 0 Å². The minimum Gasteiger partial charge on any atom is -0.317 e. The van der Waals surface area contributed by atoms with Crippen LogP contribution in [0.2, 0.25) is 0 Å². The largest absolute Gasteiger partial charge is 0.317 e. The molecule has 12 heavy (non-hydrogen) atoms. The van der Waals surface area contributed by atoms with Gasteiger partial charge in [0.05, 0.1) is 6.20 Å². The zero-order valence-electron chi connectivity index (χ0n) is 7.09. The Morgan fingerprint density at radius 1 is 1.42 bits per heavy atom. The van der Waals surface area contributed by atoms with Crippen molar-refractivity contribution in [2.24, 2.45) is 0 Å². The van der Waals surface area contributed by atoms with Gasteiger partial charge in [-0.15, -0.1) is 0 Å². The molecule has 1 aliphatic rings. The summed E-state index contributed by atoms with van der Waals surface area (Å²) in [6.45, 7) is 2.29. The molecule has 0 spiro atoms. The third-order valence-corrected chi connectivity index (χ3v) is 2.46. The van der Waals surface area contributed by atoms with Crippen molar-refractivity contribution in [1.82, 2.24) is 10.3 Å². The fourth-order valence-electron chi connectivity index (χ4n) is 1.74. The molecular weight excluding hydrogens is 148 g/mol. The second kappa shape index (κ2) is 3.68. The lowest BCUT2D eigenvalue weighted by atomic mass is 9.91. The van der Waals surface area contributed by atoms with E-state index in [0.29, 0.717) is 0 Å². The summed E-state index contributed by atoms with van der Waals surface area (Å²) < 4.78 is 0. The lowest BCUT2D eigenvalue weighted by Crippen LogP contribution is -2.26. The number of rotatable bonds is 1. The summed E-state index contributed by atoms with van der Waals surface area (Å²) >= 11 is 0. The standard InChI is InChI=1S/C10H13N2/c1-5-11-6-2-9(1)10-3-7-12-8-4-10/h1-2,5,10,12H,3-4,7-8H2. The second-order valence-corrected chi connectivity index (χ2v) is 3.24.